The Bertz CT molecular complexity index is 1650. The first kappa shape index (κ1) is 31.6. The van der Waals surface area contributed by atoms with Crippen LogP contribution in [0.25, 0.3) is 0 Å². The topological polar surface area (TPSA) is 96.0 Å². The minimum absolute atomic E-state index is 0.00947. The molecule has 0 spiro atoms. The molecule has 0 bridgehead atoms. The average Bonchev–Trinajstić information content (AvgIpc) is 3.02. The molecule has 0 saturated heterocycles. The zero-order valence-corrected chi connectivity index (χ0v) is 25.8. The molecule has 0 fully saturated rings. The number of amides is 2. The normalized spacial score (nSPS) is 11.8. The zero-order valence-electron chi connectivity index (χ0n) is 24.2. The van der Waals surface area contributed by atoms with E-state index in [2.05, 4.69) is 5.32 Å². The van der Waals surface area contributed by atoms with E-state index in [0.29, 0.717) is 16.3 Å². The number of methoxy groups -OCH3 is 1. The first-order valence-electron chi connectivity index (χ1n) is 13.7. The van der Waals surface area contributed by atoms with Crippen LogP contribution in [-0.2, 0) is 32.6 Å². The van der Waals surface area contributed by atoms with Gasteiger partial charge in [-0.2, -0.15) is 0 Å². The summed E-state index contributed by atoms with van der Waals surface area (Å²) < 4.78 is 34.4. The fraction of sp³-hybridized carbons (Fsp3) is 0.212. The van der Waals surface area contributed by atoms with Gasteiger partial charge in [-0.25, -0.2) is 8.42 Å². The maximum Gasteiger partial charge on any atom is 0.264 e. The number of anilines is 1. The minimum Gasteiger partial charge on any atom is -0.497 e. The molecule has 8 nitrogen and oxygen atoms in total. The van der Waals surface area contributed by atoms with E-state index in [1.54, 1.807) is 60.7 Å². The largest absolute Gasteiger partial charge is 0.497 e. The molecule has 0 saturated carbocycles. The van der Waals surface area contributed by atoms with Gasteiger partial charge in [0.2, 0.25) is 11.8 Å². The number of halogens is 1. The van der Waals surface area contributed by atoms with Crippen molar-refractivity contribution >= 4 is 39.1 Å². The molecule has 2 amide bonds. The Kier molecular flexibility index (Phi) is 10.4. The van der Waals surface area contributed by atoms with Gasteiger partial charge in [0, 0.05) is 25.0 Å². The van der Waals surface area contributed by atoms with Crippen LogP contribution in [0.5, 0.6) is 5.75 Å². The maximum absolute atomic E-state index is 14.3. The second-order valence-electron chi connectivity index (χ2n) is 9.96. The molecule has 0 heterocycles. The van der Waals surface area contributed by atoms with Crippen molar-refractivity contribution in [3.63, 3.8) is 0 Å². The van der Waals surface area contributed by atoms with Crippen LogP contribution in [0.3, 0.4) is 0 Å². The summed E-state index contributed by atoms with van der Waals surface area (Å²) in [6.45, 7) is 1.29. The third-order valence-electron chi connectivity index (χ3n) is 7.06. The SMILES string of the molecule is CNC(=O)[C@H](Cc1ccccc1)N(Cc1ccccc1Cl)C(=O)CN(c1ccc(OC)cc1)S(=O)(=O)c1ccc(C)cc1. The lowest BCUT2D eigenvalue weighted by Gasteiger charge is -2.33. The van der Waals surface area contributed by atoms with Gasteiger partial charge >= 0.3 is 0 Å². The third kappa shape index (κ3) is 7.74. The summed E-state index contributed by atoms with van der Waals surface area (Å²) in [6, 6.07) is 28.3. The number of benzene rings is 4. The van der Waals surface area contributed by atoms with Crippen molar-refractivity contribution in [3.05, 3.63) is 125 Å². The summed E-state index contributed by atoms with van der Waals surface area (Å²) in [6.07, 6.45) is 0.212. The Hall–Kier alpha value is -4.34. The van der Waals surface area contributed by atoms with Crippen molar-refractivity contribution < 1.29 is 22.7 Å². The van der Waals surface area contributed by atoms with E-state index in [-0.39, 0.29) is 29.5 Å². The first-order valence-corrected chi connectivity index (χ1v) is 15.5. The molecule has 1 N–H and O–H groups in total. The van der Waals surface area contributed by atoms with Crippen LogP contribution in [0, 0.1) is 6.92 Å². The van der Waals surface area contributed by atoms with Crippen LogP contribution in [0.2, 0.25) is 5.02 Å². The lowest BCUT2D eigenvalue weighted by molar-refractivity contribution is -0.139. The van der Waals surface area contributed by atoms with Gasteiger partial charge in [0.15, 0.2) is 0 Å². The fourth-order valence-corrected chi connectivity index (χ4v) is 6.26. The number of carbonyl (C=O) groups excluding carboxylic acids is 2. The maximum atomic E-state index is 14.3. The Balaban J connectivity index is 1.79. The quantitative estimate of drug-likeness (QED) is 0.234. The third-order valence-corrected chi connectivity index (χ3v) is 9.22. The van der Waals surface area contributed by atoms with Crippen LogP contribution in [0.4, 0.5) is 5.69 Å². The number of likely N-dealkylation sites (N-methyl/N-ethyl adjacent to an activating group) is 1. The summed E-state index contributed by atoms with van der Waals surface area (Å²) in [5.41, 5.74) is 2.63. The minimum atomic E-state index is -4.19. The zero-order chi connectivity index (χ0) is 31.0. The molecule has 0 aliphatic rings. The molecule has 4 rings (SSSR count). The van der Waals surface area contributed by atoms with Crippen LogP contribution >= 0.6 is 11.6 Å². The standard InChI is InChI=1S/C33H34ClN3O5S/c1-24-13-19-29(20-14-24)43(40,41)37(27-15-17-28(42-3)18-16-27)23-32(38)36(22-26-11-7-8-12-30(26)34)31(33(39)35-2)21-25-9-5-4-6-10-25/h4-20,31H,21-23H2,1-3H3,(H,35,39)/t31-/m0/s1. The Labute approximate surface area is 257 Å². The molecule has 0 radical (unpaired) electrons. The van der Waals surface area contributed by atoms with Crippen molar-refractivity contribution in [2.75, 3.05) is 25.0 Å². The number of nitrogens with zero attached hydrogens (tertiary/aromatic N) is 2. The van der Waals surface area contributed by atoms with E-state index in [9.17, 15) is 18.0 Å². The van der Waals surface area contributed by atoms with Crippen LogP contribution < -0.4 is 14.4 Å². The summed E-state index contributed by atoms with van der Waals surface area (Å²) in [4.78, 5) is 29.1. The van der Waals surface area contributed by atoms with Gasteiger partial charge in [-0.3, -0.25) is 13.9 Å². The smallest absolute Gasteiger partial charge is 0.264 e. The van der Waals surface area contributed by atoms with Crippen LogP contribution in [-0.4, -0.2) is 51.9 Å². The van der Waals surface area contributed by atoms with Gasteiger partial charge in [-0.05, 0) is 60.5 Å². The Morgan fingerprint density at radius 3 is 2.12 bits per heavy atom. The Morgan fingerprint density at radius 2 is 1.51 bits per heavy atom. The highest BCUT2D eigenvalue weighted by Crippen LogP contribution is 2.27. The van der Waals surface area contributed by atoms with Crippen molar-refractivity contribution in [2.24, 2.45) is 0 Å². The summed E-state index contributed by atoms with van der Waals surface area (Å²) in [7, 11) is -1.18. The van der Waals surface area contributed by atoms with E-state index < -0.39 is 28.5 Å². The lowest BCUT2D eigenvalue weighted by Crippen LogP contribution is -2.53. The number of hydrogen-bond donors (Lipinski definition) is 1. The predicted molar refractivity (Wildman–Crippen MR) is 169 cm³/mol. The van der Waals surface area contributed by atoms with E-state index in [0.717, 1.165) is 15.4 Å². The summed E-state index contributed by atoms with van der Waals surface area (Å²) >= 11 is 6.49. The molecule has 43 heavy (non-hydrogen) atoms. The second kappa shape index (κ2) is 14.2. The van der Waals surface area contributed by atoms with Gasteiger partial charge in [0.25, 0.3) is 10.0 Å². The predicted octanol–water partition coefficient (Wildman–Crippen LogP) is 5.24. The van der Waals surface area contributed by atoms with Crippen LogP contribution in [0.1, 0.15) is 16.7 Å². The molecule has 224 valence electrons. The van der Waals surface area contributed by atoms with Crippen molar-refractivity contribution in [1.82, 2.24) is 10.2 Å². The highest BCUT2D eigenvalue weighted by Gasteiger charge is 2.34. The molecule has 1 atom stereocenters. The van der Waals surface area contributed by atoms with Crippen molar-refractivity contribution in [1.29, 1.82) is 0 Å². The van der Waals surface area contributed by atoms with Gasteiger partial charge in [0.05, 0.1) is 17.7 Å². The number of ether oxygens (including phenoxy) is 1. The molecule has 4 aromatic carbocycles. The molecule has 4 aromatic rings. The summed E-state index contributed by atoms with van der Waals surface area (Å²) in [5, 5.41) is 3.09. The van der Waals surface area contributed by atoms with E-state index in [1.807, 2.05) is 37.3 Å². The molecular weight excluding hydrogens is 586 g/mol. The number of carbonyl (C=O) groups is 2. The van der Waals surface area contributed by atoms with Crippen molar-refractivity contribution in [2.45, 2.75) is 30.8 Å². The fourth-order valence-electron chi connectivity index (χ4n) is 4.65. The number of aryl methyl sites for hydroxylation is 1. The van der Waals surface area contributed by atoms with Gasteiger partial charge in [-0.1, -0.05) is 77.8 Å². The Morgan fingerprint density at radius 1 is 0.884 bits per heavy atom. The highest BCUT2D eigenvalue weighted by atomic mass is 35.5. The second-order valence-corrected chi connectivity index (χ2v) is 12.2. The molecular formula is C33H34ClN3O5S. The number of hydrogen-bond acceptors (Lipinski definition) is 5. The van der Waals surface area contributed by atoms with E-state index in [1.165, 1.54) is 31.2 Å². The monoisotopic (exact) mass is 619 g/mol. The number of rotatable bonds is 12. The van der Waals surface area contributed by atoms with Crippen molar-refractivity contribution in [3.8, 4) is 5.75 Å². The molecule has 0 aliphatic carbocycles. The lowest BCUT2D eigenvalue weighted by atomic mass is 10.0. The number of sulfonamides is 1. The van der Waals surface area contributed by atoms with E-state index in [4.69, 9.17) is 16.3 Å². The molecule has 0 aromatic heterocycles. The van der Waals surface area contributed by atoms with Gasteiger partial charge in [0.1, 0.15) is 18.3 Å². The van der Waals surface area contributed by atoms with E-state index >= 15 is 0 Å². The molecule has 0 aliphatic heterocycles. The van der Waals surface area contributed by atoms with Gasteiger partial charge < -0.3 is 15.0 Å². The molecule has 10 heteroatoms. The summed E-state index contributed by atoms with van der Waals surface area (Å²) in [5.74, 6) is -0.428. The van der Waals surface area contributed by atoms with Crippen LogP contribution in [0.15, 0.2) is 108 Å². The molecule has 0 unspecified atom stereocenters. The first-order chi connectivity index (χ1) is 20.6. The van der Waals surface area contributed by atoms with Gasteiger partial charge in [-0.15, -0.1) is 0 Å². The number of nitrogens with one attached hydrogen (secondary N) is 1. The highest BCUT2D eigenvalue weighted by molar-refractivity contribution is 7.92. The average molecular weight is 620 g/mol.